The van der Waals surface area contributed by atoms with Gasteiger partial charge in [-0.2, -0.15) is 0 Å². The summed E-state index contributed by atoms with van der Waals surface area (Å²) in [6.45, 7) is 6.52. The largest absolute Gasteiger partial charge is 0.350 e. The van der Waals surface area contributed by atoms with Crippen LogP contribution in [0.15, 0.2) is 18.7 Å². The SMILES string of the molecule is CC(Cn1ccnc1)NC(=O)C(N)C(C)C. The van der Waals surface area contributed by atoms with Gasteiger partial charge in [0.1, 0.15) is 0 Å². The summed E-state index contributed by atoms with van der Waals surface area (Å²) < 4.78 is 1.92. The van der Waals surface area contributed by atoms with Gasteiger partial charge in [-0.3, -0.25) is 4.79 Å². The fraction of sp³-hybridized carbons (Fsp3) is 0.636. The summed E-state index contributed by atoms with van der Waals surface area (Å²) in [7, 11) is 0. The van der Waals surface area contributed by atoms with Crippen LogP contribution in [0.1, 0.15) is 20.8 Å². The van der Waals surface area contributed by atoms with Crippen molar-refractivity contribution in [3.8, 4) is 0 Å². The number of aromatic nitrogens is 2. The molecule has 0 saturated heterocycles. The number of carbonyl (C=O) groups is 1. The van der Waals surface area contributed by atoms with Crippen LogP contribution in [0.25, 0.3) is 0 Å². The Morgan fingerprint density at radius 3 is 2.69 bits per heavy atom. The summed E-state index contributed by atoms with van der Waals surface area (Å²) in [5, 5.41) is 2.89. The Hall–Kier alpha value is -1.36. The molecule has 1 aromatic rings. The maximum Gasteiger partial charge on any atom is 0.237 e. The summed E-state index contributed by atoms with van der Waals surface area (Å²) in [6.07, 6.45) is 5.31. The lowest BCUT2D eigenvalue weighted by atomic mass is 10.0. The molecule has 3 N–H and O–H groups in total. The molecular formula is C11H20N4O. The Bertz CT molecular complexity index is 321. The van der Waals surface area contributed by atoms with E-state index in [0.29, 0.717) is 6.54 Å². The van der Waals surface area contributed by atoms with Crippen LogP contribution in [-0.2, 0) is 11.3 Å². The molecular weight excluding hydrogens is 204 g/mol. The molecule has 0 fully saturated rings. The molecule has 0 aliphatic heterocycles. The van der Waals surface area contributed by atoms with Crippen LogP contribution in [0, 0.1) is 5.92 Å². The zero-order valence-electron chi connectivity index (χ0n) is 10.1. The minimum atomic E-state index is -0.440. The third kappa shape index (κ3) is 3.66. The second-order valence-electron chi connectivity index (χ2n) is 4.44. The van der Waals surface area contributed by atoms with Crippen molar-refractivity contribution in [3.63, 3.8) is 0 Å². The summed E-state index contributed by atoms with van der Waals surface area (Å²) in [5.41, 5.74) is 5.75. The lowest BCUT2D eigenvalue weighted by Crippen LogP contribution is -2.47. The highest BCUT2D eigenvalue weighted by atomic mass is 16.2. The summed E-state index contributed by atoms with van der Waals surface area (Å²) >= 11 is 0. The minimum absolute atomic E-state index is 0.0477. The molecule has 0 aliphatic carbocycles. The van der Waals surface area contributed by atoms with Gasteiger partial charge in [0.05, 0.1) is 12.4 Å². The number of nitrogens with two attached hydrogens (primary N) is 1. The van der Waals surface area contributed by atoms with Crippen molar-refractivity contribution in [2.24, 2.45) is 11.7 Å². The van der Waals surface area contributed by atoms with Gasteiger partial charge in [-0.15, -0.1) is 0 Å². The van der Waals surface area contributed by atoms with Crippen molar-refractivity contribution in [2.75, 3.05) is 0 Å². The number of hydrogen-bond acceptors (Lipinski definition) is 3. The predicted molar refractivity (Wildman–Crippen MR) is 62.6 cm³/mol. The van der Waals surface area contributed by atoms with E-state index in [1.165, 1.54) is 0 Å². The number of rotatable bonds is 5. The molecule has 0 saturated carbocycles. The fourth-order valence-corrected chi connectivity index (χ4v) is 1.40. The number of hydrogen-bond donors (Lipinski definition) is 2. The zero-order chi connectivity index (χ0) is 12.1. The maximum absolute atomic E-state index is 11.7. The molecule has 90 valence electrons. The van der Waals surface area contributed by atoms with Crippen LogP contribution in [0.4, 0.5) is 0 Å². The first-order valence-electron chi connectivity index (χ1n) is 5.52. The molecule has 0 bridgehead atoms. The first kappa shape index (κ1) is 12.7. The molecule has 1 aromatic heterocycles. The maximum atomic E-state index is 11.7. The van der Waals surface area contributed by atoms with Crippen molar-refractivity contribution in [3.05, 3.63) is 18.7 Å². The van der Waals surface area contributed by atoms with Gasteiger partial charge in [-0.1, -0.05) is 13.8 Å². The van der Waals surface area contributed by atoms with Gasteiger partial charge < -0.3 is 15.6 Å². The quantitative estimate of drug-likeness (QED) is 0.759. The number of amides is 1. The Balaban J connectivity index is 2.39. The summed E-state index contributed by atoms with van der Waals surface area (Å²) in [6, 6.07) is -0.392. The molecule has 5 heteroatoms. The van der Waals surface area contributed by atoms with Crippen LogP contribution >= 0.6 is 0 Å². The van der Waals surface area contributed by atoms with Gasteiger partial charge in [-0.25, -0.2) is 4.98 Å². The summed E-state index contributed by atoms with van der Waals surface area (Å²) in [5.74, 6) is 0.0584. The normalized spacial score (nSPS) is 14.8. The first-order chi connectivity index (χ1) is 7.50. The number of imidazole rings is 1. The third-order valence-electron chi connectivity index (χ3n) is 2.45. The van der Waals surface area contributed by atoms with E-state index >= 15 is 0 Å². The monoisotopic (exact) mass is 224 g/mol. The van der Waals surface area contributed by atoms with Gasteiger partial charge in [-0.05, 0) is 12.8 Å². The minimum Gasteiger partial charge on any atom is -0.350 e. The Morgan fingerprint density at radius 2 is 2.19 bits per heavy atom. The standard InChI is InChI=1S/C11H20N4O/c1-8(2)10(12)11(16)14-9(3)6-15-5-4-13-7-15/h4-5,7-10H,6,12H2,1-3H3,(H,14,16). The fourth-order valence-electron chi connectivity index (χ4n) is 1.40. The smallest absolute Gasteiger partial charge is 0.237 e. The van der Waals surface area contributed by atoms with E-state index in [0.717, 1.165) is 0 Å². The number of nitrogens with one attached hydrogen (secondary N) is 1. The Labute approximate surface area is 96.0 Å². The molecule has 0 aliphatic rings. The third-order valence-corrected chi connectivity index (χ3v) is 2.45. The average molecular weight is 224 g/mol. The van der Waals surface area contributed by atoms with Crippen molar-refractivity contribution < 1.29 is 4.79 Å². The van der Waals surface area contributed by atoms with Gasteiger partial charge in [0.25, 0.3) is 0 Å². The van der Waals surface area contributed by atoms with Crippen molar-refractivity contribution in [1.29, 1.82) is 0 Å². The van der Waals surface area contributed by atoms with E-state index in [1.54, 1.807) is 12.5 Å². The molecule has 16 heavy (non-hydrogen) atoms. The predicted octanol–water partition coefficient (Wildman–Crippen LogP) is 0.371. The van der Waals surface area contributed by atoms with E-state index in [2.05, 4.69) is 10.3 Å². The van der Waals surface area contributed by atoms with Crippen LogP contribution in [0.5, 0.6) is 0 Å². The molecule has 5 nitrogen and oxygen atoms in total. The van der Waals surface area contributed by atoms with Gasteiger partial charge >= 0.3 is 0 Å². The zero-order valence-corrected chi connectivity index (χ0v) is 10.1. The Morgan fingerprint density at radius 1 is 1.50 bits per heavy atom. The van der Waals surface area contributed by atoms with Crippen LogP contribution in [0.2, 0.25) is 0 Å². The molecule has 0 spiro atoms. The van der Waals surface area contributed by atoms with E-state index in [4.69, 9.17) is 5.73 Å². The molecule has 1 rings (SSSR count). The van der Waals surface area contributed by atoms with Crippen LogP contribution in [0.3, 0.4) is 0 Å². The highest BCUT2D eigenvalue weighted by Gasteiger charge is 2.18. The molecule has 1 amide bonds. The molecule has 2 atom stereocenters. The molecule has 0 aromatic carbocycles. The second kappa shape index (κ2) is 5.65. The summed E-state index contributed by atoms with van der Waals surface area (Å²) in [4.78, 5) is 15.6. The van der Waals surface area contributed by atoms with Gasteiger partial charge in [0.15, 0.2) is 0 Å². The topological polar surface area (TPSA) is 72.9 Å². The second-order valence-corrected chi connectivity index (χ2v) is 4.44. The molecule has 0 radical (unpaired) electrons. The van der Waals surface area contributed by atoms with E-state index < -0.39 is 6.04 Å². The van der Waals surface area contributed by atoms with Crippen LogP contribution in [-0.4, -0.2) is 27.5 Å². The molecule has 2 unspecified atom stereocenters. The van der Waals surface area contributed by atoms with Crippen LogP contribution < -0.4 is 11.1 Å². The number of carbonyl (C=O) groups excluding carboxylic acids is 1. The molecule has 1 heterocycles. The van der Waals surface area contributed by atoms with E-state index in [1.807, 2.05) is 31.5 Å². The van der Waals surface area contributed by atoms with E-state index in [-0.39, 0.29) is 17.9 Å². The van der Waals surface area contributed by atoms with Crippen molar-refractivity contribution in [2.45, 2.75) is 39.4 Å². The lowest BCUT2D eigenvalue weighted by Gasteiger charge is -2.19. The first-order valence-corrected chi connectivity index (χ1v) is 5.52. The van der Waals surface area contributed by atoms with Crippen molar-refractivity contribution >= 4 is 5.91 Å². The Kier molecular flexibility index (Phi) is 4.49. The van der Waals surface area contributed by atoms with Gasteiger partial charge in [0.2, 0.25) is 5.91 Å². The highest BCUT2D eigenvalue weighted by molar-refractivity contribution is 5.81. The lowest BCUT2D eigenvalue weighted by molar-refractivity contribution is -0.123. The van der Waals surface area contributed by atoms with Gasteiger partial charge in [0, 0.05) is 25.0 Å². The number of nitrogens with zero attached hydrogens (tertiary/aromatic N) is 2. The highest BCUT2D eigenvalue weighted by Crippen LogP contribution is 1.99. The average Bonchev–Trinajstić information content (AvgIpc) is 2.68. The van der Waals surface area contributed by atoms with E-state index in [9.17, 15) is 4.79 Å². The van der Waals surface area contributed by atoms with Crippen molar-refractivity contribution in [1.82, 2.24) is 14.9 Å².